The second kappa shape index (κ2) is 8.80. The van der Waals surface area contributed by atoms with Crippen molar-refractivity contribution >= 4 is 5.91 Å². The molecule has 1 fully saturated rings. The van der Waals surface area contributed by atoms with E-state index in [1.165, 1.54) is 5.56 Å². The fourth-order valence-electron chi connectivity index (χ4n) is 2.86. The van der Waals surface area contributed by atoms with E-state index in [2.05, 4.69) is 34.5 Å². The molecule has 1 heterocycles. The monoisotopic (exact) mass is 290 g/mol. The maximum Gasteiger partial charge on any atom is 0.222 e. The molecule has 1 aliphatic rings. The number of rotatable bonds is 9. The minimum Gasteiger partial charge on any atom is -0.383 e. The fourth-order valence-corrected chi connectivity index (χ4v) is 2.86. The number of benzene rings is 1. The summed E-state index contributed by atoms with van der Waals surface area (Å²) in [5.41, 5.74) is 1.30. The molecular formula is C17H26N2O2. The summed E-state index contributed by atoms with van der Waals surface area (Å²) in [5, 5.41) is 3.36. The van der Waals surface area contributed by atoms with Crippen molar-refractivity contribution in [3.63, 3.8) is 0 Å². The summed E-state index contributed by atoms with van der Waals surface area (Å²) in [6.45, 7) is 3.40. The van der Waals surface area contributed by atoms with E-state index in [1.54, 1.807) is 7.11 Å². The lowest BCUT2D eigenvalue weighted by Crippen LogP contribution is -2.37. The summed E-state index contributed by atoms with van der Waals surface area (Å²) in [6, 6.07) is 10.8. The number of nitrogens with zero attached hydrogens (tertiary/aromatic N) is 1. The molecule has 1 aliphatic heterocycles. The third-order valence-corrected chi connectivity index (χ3v) is 4.07. The highest BCUT2D eigenvalue weighted by atomic mass is 16.5. The van der Waals surface area contributed by atoms with Crippen LogP contribution >= 0.6 is 0 Å². The van der Waals surface area contributed by atoms with Crippen LogP contribution in [0.15, 0.2) is 30.3 Å². The Morgan fingerprint density at radius 3 is 2.86 bits per heavy atom. The van der Waals surface area contributed by atoms with Crippen LogP contribution in [-0.4, -0.2) is 50.2 Å². The van der Waals surface area contributed by atoms with Gasteiger partial charge in [0, 0.05) is 32.7 Å². The van der Waals surface area contributed by atoms with Gasteiger partial charge in [-0.25, -0.2) is 0 Å². The normalized spacial score (nSPS) is 18.4. The van der Waals surface area contributed by atoms with Gasteiger partial charge in [0.15, 0.2) is 0 Å². The summed E-state index contributed by atoms with van der Waals surface area (Å²) in [7, 11) is 1.71. The van der Waals surface area contributed by atoms with Crippen molar-refractivity contribution < 1.29 is 9.53 Å². The molecule has 1 N–H and O–H groups in total. The van der Waals surface area contributed by atoms with Crippen molar-refractivity contribution in [1.29, 1.82) is 0 Å². The number of methoxy groups -OCH3 is 1. The molecule has 21 heavy (non-hydrogen) atoms. The van der Waals surface area contributed by atoms with E-state index in [-0.39, 0.29) is 0 Å². The standard InChI is InChI=1S/C17H26N2O2/c1-21-14-12-18-11-9-16-7-8-17(20)19(16)13-10-15-5-3-2-4-6-15/h2-6,16,18H,7-14H2,1H3. The van der Waals surface area contributed by atoms with E-state index in [1.807, 2.05) is 6.07 Å². The first-order valence-corrected chi connectivity index (χ1v) is 7.84. The Kier molecular flexibility index (Phi) is 6.70. The number of hydrogen-bond donors (Lipinski definition) is 1. The van der Waals surface area contributed by atoms with Crippen molar-refractivity contribution in [3.05, 3.63) is 35.9 Å². The third kappa shape index (κ3) is 5.14. The Labute approximate surface area is 127 Å². The fraction of sp³-hybridized carbons (Fsp3) is 0.588. The molecule has 2 rings (SSSR count). The summed E-state index contributed by atoms with van der Waals surface area (Å²) < 4.78 is 5.01. The van der Waals surface area contributed by atoms with Crippen LogP contribution in [0.4, 0.5) is 0 Å². The highest BCUT2D eigenvalue weighted by Crippen LogP contribution is 2.21. The maximum absolute atomic E-state index is 12.0. The lowest BCUT2D eigenvalue weighted by Gasteiger charge is -2.25. The Hall–Kier alpha value is -1.39. The van der Waals surface area contributed by atoms with Gasteiger partial charge in [-0.1, -0.05) is 30.3 Å². The Morgan fingerprint density at radius 2 is 2.10 bits per heavy atom. The van der Waals surface area contributed by atoms with Gasteiger partial charge in [0.1, 0.15) is 0 Å². The number of hydrogen-bond acceptors (Lipinski definition) is 3. The van der Waals surface area contributed by atoms with Crippen LogP contribution in [0.2, 0.25) is 0 Å². The lowest BCUT2D eigenvalue weighted by molar-refractivity contribution is -0.129. The molecule has 0 aliphatic carbocycles. The zero-order chi connectivity index (χ0) is 14.9. The molecular weight excluding hydrogens is 264 g/mol. The third-order valence-electron chi connectivity index (χ3n) is 4.07. The molecule has 1 aromatic rings. The first-order valence-electron chi connectivity index (χ1n) is 7.84. The lowest BCUT2D eigenvalue weighted by atomic mass is 10.1. The topological polar surface area (TPSA) is 41.6 Å². The molecule has 1 unspecified atom stereocenters. The number of nitrogens with one attached hydrogen (secondary N) is 1. The second-order valence-electron chi connectivity index (χ2n) is 5.55. The molecule has 1 amide bonds. The van der Waals surface area contributed by atoms with Crippen molar-refractivity contribution in [3.8, 4) is 0 Å². The molecule has 1 aromatic carbocycles. The van der Waals surface area contributed by atoms with Gasteiger partial charge in [0.25, 0.3) is 0 Å². The molecule has 0 aromatic heterocycles. The predicted molar refractivity (Wildman–Crippen MR) is 84.2 cm³/mol. The Morgan fingerprint density at radius 1 is 1.29 bits per heavy atom. The first-order chi connectivity index (χ1) is 10.3. The molecule has 1 saturated heterocycles. The molecule has 1 atom stereocenters. The quantitative estimate of drug-likeness (QED) is 0.706. The predicted octanol–water partition coefficient (Wildman–Crippen LogP) is 1.85. The van der Waals surface area contributed by atoms with Crippen LogP contribution in [0.1, 0.15) is 24.8 Å². The highest BCUT2D eigenvalue weighted by Gasteiger charge is 2.29. The zero-order valence-electron chi connectivity index (χ0n) is 12.9. The van der Waals surface area contributed by atoms with Gasteiger partial charge < -0.3 is 15.0 Å². The van der Waals surface area contributed by atoms with Crippen LogP contribution in [0.25, 0.3) is 0 Å². The van der Waals surface area contributed by atoms with Gasteiger partial charge in [-0.15, -0.1) is 0 Å². The summed E-state index contributed by atoms with van der Waals surface area (Å²) in [5.74, 6) is 0.313. The largest absolute Gasteiger partial charge is 0.383 e. The number of carbonyl (C=O) groups is 1. The van der Waals surface area contributed by atoms with E-state index in [9.17, 15) is 4.79 Å². The summed E-state index contributed by atoms with van der Waals surface area (Å²) in [6.07, 6.45) is 3.68. The van der Waals surface area contributed by atoms with Crippen molar-refractivity contribution in [2.75, 3.05) is 33.4 Å². The molecule has 4 heteroatoms. The number of amides is 1. The molecule has 0 spiro atoms. The minimum absolute atomic E-state index is 0.313. The number of carbonyl (C=O) groups excluding carboxylic acids is 1. The smallest absolute Gasteiger partial charge is 0.222 e. The minimum atomic E-state index is 0.313. The van der Waals surface area contributed by atoms with E-state index in [0.29, 0.717) is 18.4 Å². The van der Waals surface area contributed by atoms with Crippen LogP contribution in [0, 0.1) is 0 Å². The highest BCUT2D eigenvalue weighted by molar-refractivity contribution is 5.78. The van der Waals surface area contributed by atoms with Gasteiger partial charge in [-0.3, -0.25) is 4.79 Å². The summed E-state index contributed by atoms with van der Waals surface area (Å²) in [4.78, 5) is 14.1. The van der Waals surface area contributed by atoms with Crippen LogP contribution < -0.4 is 5.32 Å². The molecule has 116 valence electrons. The maximum atomic E-state index is 12.0. The van der Waals surface area contributed by atoms with Gasteiger partial charge in [-0.2, -0.15) is 0 Å². The Bertz CT molecular complexity index is 422. The van der Waals surface area contributed by atoms with E-state index in [4.69, 9.17) is 4.74 Å². The van der Waals surface area contributed by atoms with Crippen LogP contribution in [-0.2, 0) is 16.0 Å². The van der Waals surface area contributed by atoms with Gasteiger partial charge in [-0.05, 0) is 31.4 Å². The average Bonchev–Trinajstić information content (AvgIpc) is 2.86. The second-order valence-corrected chi connectivity index (χ2v) is 5.55. The summed E-state index contributed by atoms with van der Waals surface area (Å²) >= 11 is 0. The van der Waals surface area contributed by atoms with E-state index in [0.717, 1.165) is 45.5 Å². The molecule has 0 radical (unpaired) electrons. The van der Waals surface area contributed by atoms with Gasteiger partial charge in [0.05, 0.1) is 6.61 Å². The molecule has 0 bridgehead atoms. The SMILES string of the molecule is COCCNCCC1CCC(=O)N1CCc1ccccc1. The van der Waals surface area contributed by atoms with Crippen LogP contribution in [0.5, 0.6) is 0 Å². The zero-order valence-corrected chi connectivity index (χ0v) is 12.9. The van der Waals surface area contributed by atoms with Crippen molar-refractivity contribution in [2.24, 2.45) is 0 Å². The number of likely N-dealkylation sites (tertiary alicyclic amines) is 1. The Balaban J connectivity index is 1.74. The molecule has 4 nitrogen and oxygen atoms in total. The van der Waals surface area contributed by atoms with Crippen molar-refractivity contribution in [1.82, 2.24) is 10.2 Å². The average molecular weight is 290 g/mol. The van der Waals surface area contributed by atoms with E-state index < -0.39 is 0 Å². The van der Waals surface area contributed by atoms with Gasteiger partial charge >= 0.3 is 0 Å². The van der Waals surface area contributed by atoms with Crippen molar-refractivity contribution in [2.45, 2.75) is 31.7 Å². The van der Waals surface area contributed by atoms with Gasteiger partial charge in [0.2, 0.25) is 5.91 Å². The van der Waals surface area contributed by atoms with Crippen LogP contribution in [0.3, 0.4) is 0 Å². The number of ether oxygens (including phenoxy) is 1. The van der Waals surface area contributed by atoms with E-state index >= 15 is 0 Å². The molecule has 0 saturated carbocycles. The first kappa shape index (κ1) is 16.0.